The van der Waals surface area contributed by atoms with E-state index in [0.717, 1.165) is 0 Å². The summed E-state index contributed by atoms with van der Waals surface area (Å²) in [4.78, 5) is 51.0. The first kappa shape index (κ1) is 25.4. The van der Waals surface area contributed by atoms with Gasteiger partial charge in [-0.15, -0.1) is 0 Å². The van der Waals surface area contributed by atoms with Crippen LogP contribution in [0, 0.1) is 0 Å². The van der Waals surface area contributed by atoms with Gasteiger partial charge in [-0.3, -0.25) is 19.3 Å². The van der Waals surface area contributed by atoms with Gasteiger partial charge in [0, 0.05) is 5.02 Å². The van der Waals surface area contributed by atoms with E-state index in [4.69, 9.17) is 67.5 Å². The first-order chi connectivity index (χ1) is 15.5. The molecule has 0 aromatic heterocycles. The maximum absolute atomic E-state index is 12.8. The van der Waals surface area contributed by atoms with E-state index < -0.39 is 36.3 Å². The second kappa shape index (κ2) is 9.95. The van der Waals surface area contributed by atoms with Crippen LogP contribution in [0.15, 0.2) is 18.2 Å². The smallest absolute Gasteiger partial charge is 0.329 e. The molecular weight excluding hydrogens is 541 g/mol. The van der Waals surface area contributed by atoms with Gasteiger partial charge in [0.05, 0.1) is 44.0 Å². The van der Waals surface area contributed by atoms with Gasteiger partial charge >= 0.3 is 5.97 Å². The molecule has 0 radical (unpaired) electrons. The molecule has 0 bridgehead atoms. The van der Waals surface area contributed by atoms with Crippen LogP contribution in [-0.2, 0) is 14.3 Å². The highest BCUT2D eigenvalue weighted by atomic mass is 35.5. The number of ether oxygens (including phenoxy) is 2. The maximum atomic E-state index is 12.8. The Labute approximate surface area is 212 Å². The topological polar surface area (TPSA) is 102 Å². The van der Waals surface area contributed by atoms with E-state index in [1.54, 1.807) is 12.1 Å². The summed E-state index contributed by atoms with van der Waals surface area (Å²) in [5, 5.41) is 1.90. The van der Waals surface area contributed by atoms with E-state index in [1.807, 2.05) is 0 Å². The fourth-order valence-electron chi connectivity index (χ4n) is 3.05. The molecule has 174 valence electrons. The lowest BCUT2D eigenvalue weighted by molar-refractivity contribution is -0.150. The normalized spacial score (nSPS) is 13.6. The van der Waals surface area contributed by atoms with E-state index in [2.05, 4.69) is 5.32 Å². The Morgan fingerprint density at radius 3 is 2.03 bits per heavy atom. The first-order valence-corrected chi connectivity index (χ1v) is 10.9. The van der Waals surface area contributed by atoms with Crippen molar-refractivity contribution in [2.45, 2.75) is 13.0 Å². The molecule has 1 aliphatic heterocycles. The van der Waals surface area contributed by atoms with Crippen molar-refractivity contribution in [2.24, 2.45) is 0 Å². The van der Waals surface area contributed by atoms with Gasteiger partial charge < -0.3 is 14.8 Å². The van der Waals surface area contributed by atoms with Gasteiger partial charge in [-0.25, -0.2) is 4.79 Å². The van der Waals surface area contributed by atoms with Gasteiger partial charge in [0.25, 0.3) is 17.7 Å². The average molecular weight is 555 g/mol. The Morgan fingerprint density at radius 2 is 1.52 bits per heavy atom. The summed E-state index contributed by atoms with van der Waals surface area (Å²) in [5.41, 5.74) is -0.282. The highest BCUT2D eigenvalue weighted by Gasteiger charge is 2.45. The highest BCUT2D eigenvalue weighted by molar-refractivity contribution is 6.55. The van der Waals surface area contributed by atoms with Crippen LogP contribution in [0.25, 0.3) is 0 Å². The summed E-state index contributed by atoms with van der Waals surface area (Å²) in [5.74, 6) is -3.20. The summed E-state index contributed by atoms with van der Waals surface area (Å²) in [6.07, 6.45) is 0. The van der Waals surface area contributed by atoms with Crippen molar-refractivity contribution in [1.29, 1.82) is 0 Å². The Morgan fingerprint density at radius 1 is 0.970 bits per heavy atom. The van der Waals surface area contributed by atoms with Crippen molar-refractivity contribution >= 4 is 87.4 Å². The predicted molar refractivity (Wildman–Crippen MR) is 124 cm³/mol. The Kier molecular flexibility index (Phi) is 7.65. The van der Waals surface area contributed by atoms with Crippen LogP contribution in [0.2, 0.25) is 25.1 Å². The molecule has 1 heterocycles. The maximum Gasteiger partial charge on any atom is 0.329 e. The summed E-state index contributed by atoms with van der Waals surface area (Å²) >= 11 is 30.0. The number of benzene rings is 2. The molecule has 0 fully saturated rings. The average Bonchev–Trinajstić information content (AvgIpc) is 3.04. The van der Waals surface area contributed by atoms with Gasteiger partial charge in [0.1, 0.15) is 11.8 Å². The number of halogens is 5. The zero-order chi connectivity index (χ0) is 24.6. The van der Waals surface area contributed by atoms with Crippen LogP contribution in [0.5, 0.6) is 5.75 Å². The van der Waals surface area contributed by atoms with Crippen LogP contribution < -0.4 is 10.1 Å². The van der Waals surface area contributed by atoms with E-state index in [-0.39, 0.29) is 36.9 Å². The van der Waals surface area contributed by atoms with E-state index in [0.29, 0.717) is 15.7 Å². The van der Waals surface area contributed by atoms with Gasteiger partial charge in [0.2, 0.25) is 0 Å². The molecule has 33 heavy (non-hydrogen) atoms. The molecule has 3 amide bonds. The van der Waals surface area contributed by atoms with Crippen molar-refractivity contribution in [3.05, 3.63) is 54.4 Å². The van der Waals surface area contributed by atoms with Crippen molar-refractivity contribution in [1.82, 2.24) is 4.90 Å². The highest BCUT2D eigenvalue weighted by Crippen LogP contribution is 2.45. The zero-order valence-electron chi connectivity index (χ0n) is 16.8. The molecule has 8 nitrogen and oxygen atoms in total. The summed E-state index contributed by atoms with van der Waals surface area (Å²) in [6.45, 7) is 0.536. The molecular formula is C20H13Cl5N2O6. The Bertz CT molecular complexity index is 1160. The largest absolute Gasteiger partial charge is 0.495 e. The van der Waals surface area contributed by atoms with Crippen molar-refractivity contribution in [2.75, 3.05) is 19.0 Å². The van der Waals surface area contributed by atoms with Gasteiger partial charge in [-0.2, -0.15) is 0 Å². The number of methoxy groups -OCH3 is 1. The molecule has 3 rings (SSSR count). The van der Waals surface area contributed by atoms with Crippen molar-refractivity contribution in [3.63, 3.8) is 0 Å². The molecule has 2 aromatic rings. The van der Waals surface area contributed by atoms with Crippen LogP contribution in [0.1, 0.15) is 27.6 Å². The van der Waals surface area contributed by atoms with E-state index in [9.17, 15) is 19.2 Å². The molecule has 2 aromatic carbocycles. The standard InChI is InChI=1S/C20H13Cl5N2O6/c1-7(20(31)33-6-11(28)26-9-5-8(21)3-4-10(9)32-2)27-18(29)12-13(19(27)30)15(23)17(25)16(24)14(12)22/h3-5,7H,6H2,1-2H3,(H,26,28)/t7-/m1/s1. The van der Waals surface area contributed by atoms with Crippen molar-refractivity contribution < 1.29 is 28.7 Å². The molecule has 0 aliphatic carbocycles. The molecule has 0 unspecified atom stereocenters. The fourth-order valence-corrected chi connectivity index (χ4v) is 4.23. The third-order valence-electron chi connectivity index (χ3n) is 4.64. The SMILES string of the molecule is COc1ccc(Cl)cc1NC(=O)COC(=O)[C@@H](C)N1C(=O)c2c(Cl)c(Cl)c(Cl)c(Cl)c2C1=O. The second-order valence-electron chi connectivity index (χ2n) is 6.66. The number of nitrogens with zero attached hydrogens (tertiary/aromatic N) is 1. The lowest BCUT2D eigenvalue weighted by Gasteiger charge is -2.21. The monoisotopic (exact) mass is 552 g/mol. The van der Waals surface area contributed by atoms with Crippen LogP contribution in [-0.4, -0.2) is 48.3 Å². The quantitative estimate of drug-likeness (QED) is 0.230. The van der Waals surface area contributed by atoms with E-state index >= 15 is 0 Å². The predicted octanol–water partition coefficient (Wildman–Crippen LogP) is 5.13. The second-order valence-corrected chi connectivity index (χ2v) is 8.61. The zero-order valence-corrected chi connectivity index (χ0v) is 20.6. The Hall–Kier alpha value is -2.23. The molecule has 0 saturated heterocycles. The van der Waals surface area contributed by atoms with Crippen LogP contribution in [0.4, 0.5) is 5.69 Å². The number of carbonyl (C=O) groups excluding carboxylic acids is 4. The van der Waals surface area contributed by atoms with Gasteiger partial charge in [-0.1, -0.05) is 58.0 Å². The van der Waals surface area contributed by atoms with E-state index in [1.165, 1.54) is 20.1 Å². The molecule has 13 heteroatoms. The fraction of sp³-hybridized carbons (Fsp3) is 0.200. The minimum atomic E-state index is -1.41. The summed E-state index contributed by atoms with van der Waals surface area (Å²) in [6, 6.07) is 3.16. The van der Waals surface area contributed by atoms with Gasteiger partial charge in [-0.05, 0) is 25.1 Å². The summed E-state index contributed by atoms with van der Waals surface area (Å²) < 4.78 is 10.1. The number of anilines is 1. The molecule has 0 spiro atoms. The number of nitrogens with one attached hydrogen (secondary N) is 1. The molecule has 0 saturated carbocycles. The number of amides is 3. The first-order valence-electron chi connectivity index (χ1n) is 9.03. The van der Waals surface area contributed by atoms with Crippen LogP contribution >= 0.6 is 58.0 Å². The molecule has 1 N–H and O–H groups in total. The molecule has 1 atom stereocenters. The van der Waals surface area contributed by atoms with Gasteiger partial charge in [0.15, 0.2) is 6.61 Å². The number of rotatable bonds is 6. The Balaban J connectivity index is 1.72. The number of hydrogen-bond donors (Lipinski definition) is 1. The third kappa shape index (κ3) is 4.72. The lowest BCUT2D eigenvalue weighted by Crippen LogP contribution is -2.44. The lowest BCUT2D eigenvalue weighted by atomic mass is 10.1. The minimum absolute atomic E-state index is 0.201. The van der Waals surface area contributed by atoms with Crippen LogP contribution in [0.3, 0.4) is 0 Å². The minimum Gasteiger partial charge on any atom is -0.495 e. The number of esters is 1. The number of fused-ring (bicyclic) bond motifs is 1. The number of imide groups is 1. The number of hydrogen-bond acceptors (Lipinski definition) is 6. The number of carbonyl (C=O) groups is 4. The third-order valence-corrected chi connectivity index (χ3v) is 6.68. The van der Waals surface area contributed by atoms with Crippen molar-refractivity contribution in [3.8, 4) is 5.75 Å². The molecule has 1 aliphatic rings. The summed E-state index contributed by atoms with van der Waals surface area (Å²) in [7, 11) is 1.40.